The average molecular weight is 379 g/mol. The zero-order valence-electron chi connectivity index (χ0n) is 14.8. The Hall–Kier alpha value is -2.60. The first-order chi connectivity index (χ1) is 12.3. The topological polar surface area (TPSA) is 58.6 Å². The number of nitrogens with zero attached hydrogens (tertiary/aromatic N) is 1. The molecule has 0 bridgehead atoms. The van der Waals surface area contributed by atoms with Crippen LogP contribution in [0.15, 0.2) is 36.4 Å². The predicted octanol–water partition coefficient (Wildman–Crippen LogP) is 4.18. The molecule has 0 saturated carbocycles. The summed E-state index contributed by atoms with van der Waals surface area (Å²) in [4.78, 5) is 25.6. The van der Waals surface area contributed by atoms with Crippen molar-refractivity contribution in [3.05, 3.63) is 52.8 Å². The first-order valence-electron chi connectivity index (χ1n) is 7.99. The zero-order chi connectivity index (χ0) is 19.3. The van der Waals surface area contributed by atoms with Crippen molar-refractivity contribution in [3.8, 4) is 5.75 Å². The Morgan fingerprint density at radius 2 is 1.88 bits per heavy atom. The molecule has 0 aromatic heterocycles. The summed E-state index contributed by atoms with van der Waals surface area (Å²) >= 11 is 6.05. The van der Waals surface area contributed by atoms with Gasteiger partial charge in [0.2, 0.25) is 11.8 Å². The van der Waals surface area contributed by atoms with Gasteiger partial charge in [0.05, 0.1) is 12.8 Å². The molecule has 0 unspecified atom stereocenters. The molecule has 0 saturated heterocycles. The summed E-state index contributed by atoms with van der Waals surface area (Å²) in [5.41, 5.74) is 1.85. The van der Waals surface area contributed by atoms with Gasteiger partial charge in [0, 0.05) is 36.7 Å². The number of halogens is 2. The molecule has 0 aliphatic rings. The standard InChI is InChI=1S/C19H20ClFN2O3/c1-12-10-17(18(26-3)11-16(12)20)22-19(25)8-9-23(13(2)24)15-6-4-14(21)5-7-15/h4-7,10-11H,8-9H2,1-3H3,(H,22,25). The maximum Gasteiger partial charge on any atom is 0.226 e. The molecule has 5 nitrogen and oxygen atoms in total. The van der Waals surface area contributed by atoms with Crippen LogP contribution in [-0.2, 0) is 9.59 Å². The Morgan fingerprint density at radius 1 is 1.23 bits per heavy atom. The van der Waals surface area contributed by atoms with Crippen molar-refractivity contribution in [1.29, 1.82) is 0 Å². The number of aryl methyl sites for hydroxylation is 1. The minimum Gasteiger partial charge on any atom is -0.495 e. The number of carbonyl (C=O) groups is 2. The van der Waals surface area contributed by atoms with E-state index in [4.69, 9.17) is 16.3 Å². The van der Waals surface area contributed by atoms with Gasteiger partial charge in [0.1, 0.15) is 11.6 Å². The third kappa shape index (κ3) is 4.95. The van der Waals surface area contributed by atoms with E-state index in [1.54, 1.807) is 12.1 Å². The van der Waals surface area contributed by atoms with E-state index in [1.165, 1.54) is 43.2 Å². The van der Waals surface area contributed by atoms with Crippen molar-refractivity contribution in [2.45, 2.75) is 20.3 Å². The Morgan fingerprint density at radius 3 is 2.46 bits per heavy atom. The fourth-order valence-electron chi connectivity index (χ4n) is 2.45. The lowest BCUT2D eigenvalue weighted by Crippen LogP contribution is -2.32. The molecule has 138 valence electrons. The van der Waals surface area contributed by atoms with Crippen molar-refractivity contribution in [2.75, 3.05) is 23.9 Å². The summed E-state index contributed by atoms with van der Waals surface area (Å²) in [6.45, 7) is 3.39. The molecule has 2 amide bonds. The van der Waals surface area contributed by atoms with Gasteiger partial charge in [-0.1, -0.05) is 11.6 Å². The van der Waals surface area contributed by atoms with Crippen molar-refractivity contribution in [3.63, 3.8) is 0 Å². The van der Waals surface area contributed by atoms with Gasteiger partial charge in [0.25, 0.3) is 0 Å². The van der Waals surface area contributed by atoms with E-state index in [0.29, 0.717) is 22.1 Å². The van der Waals surface area contributed by atoms with E-state index in [0.717, 1.165) is 5.56 Å². The van der Waals surface area contributed by atoms with E-state index < -0.39 is 0 Å². The minimum absolute atomic E-state index is 0.0712. The van der Waals surface area contributed by atoms with Gasteiger partial charge in [-0.15, -0.1) is 0 Å². The number of carbonyl (C=O) groups excluding carboxylic acids is 2. The number of nitrogens with one attached hydrogen (secondary N) is 1. The van der Waals surface area contributed by atoms with Crippen LogP contribution in [0.2, 0.25) is 5.02 Å². The molecular weight excluding hydrogens is 359 g/mol. The smallest absolute Gasteiger partial charge is 0.226 e. The van der Waals surface area contributed by atoms with E-state index in [-0.39, 0.29) is 30.6 Å². The van der Waals surface area contributed by atoms with Crippen LogP contribution < -0.4 is 15.0 Å². The number of ether oxygens (including phenoxy) is 1. The molecule has 0 aliphatic heterocycles. The number of benzene rings is 2. The molecule has 0 aliphatic carbocycles. The summed E-state index contributed by atoms with van der Waals surface area (Å²) in [5.74, 6) is -0.446. The molecular formula is C19H20ClFN2O3. The van der Waals surface area contributed by atoms with Crippen molar-refractivity contribution in [2.24, 2.45) is 0 Å². The molecule has 2 aromatic carbocycles. The van der Waals surface area contributed by atoms with Gasteiger partial charge in [-0.05, 0) is 42.8 Å². The number of amides is 2. The molecule has 0 atom stereocenters. The molecule has 2 rings (SSSR count). The van der Waals surface area contributed by atoms with Crippen LogP contribution in [0, 0.1) is 12.7 Å². The molecule has 1 N–H and O–H groups in total. The second-order valence-corrected chi connectivity index (χ2v) is 6.15. The zero-order valence-corrected chi connectivity index (χ0v) is 15.6. The summed E-state index contributed by atoms with van der Waals surface area (Å²) in [6.07, 6.45) is 0.0712. The summed E-state index contributed by atoms with van der Waals surface area (Å²) in [6, 6.07) is 8.90. The number of hydrogen-bond acceptors (Lipinski definition) is 3. The van der Waals surface area contributed by atoms with Gasteiger partial charge in [-0.3, -0.25) is 9.59 Å². The van der Waals surface area contributed by atoms with E-state index in [9.17, 15) is 14.0 Å². The van der Waals surface area contributed by atoms with Crippen molar-refractivity contribution >= 4 is 34.8 Å². The lowest BCUT2D eigenvalue weighted by Gasteiger charge is -2.21. The largest absolute Gasteiger partial charge is 0.495 e. The highest BCUT2D eigenvalue weighted by atomic mass is 35.5. The maximum atomic E-state index is 13.1. The van der Waals surface area contributed by atoms with Crippen LogP contribution in [0.1, 0.15) is 18.9 Å². The van der Waals surface area contributed by atoms with E-state index in [2.05, 4.69) is 5.32 Å². The van der Waals surface area contributed by atoms with Gasteiger partial charge in [0.15, 0.2) is 0 Å². The normalized spacial score (nSPS) is 10.3. The first-order valence-corrected chi connectivity index (χ1v) is 8.37. The lowest BCUT2D eigenvalue weighted by molar-refractivity contribution is -0.117. The molecule has 0 heterocycles. The van der Waals surface area contributed by atoms with Crippen molar-refractivity contribution in [1.82, 2.24) is 0 Å². The third-order valence-corrected chi connectivity index (χ3v) is 4.24. The lowest BCUT2D eigenvalue weighted by atomic mass is 10.2. The first kappa shape index (κ1) is 19.7. The predicted molar refractivity (Wildman–Crippen MR) is 100 cm³/mol. The molecule has 0 radical (unpaired) electrons. The van der Waals surface area contributed by atoms with Gasteiger partial charge in [-0.2, -0.15) is 0 Å². The van der Waals surface area contributed by atoms with Crippen molar-refractivity contribution < 1.29 is 18.7 Å². The number of anilines is 2. The van der Waals surface area contributed by atoms with Gasteiger partial charge >= 0.3 is 0 Å². The molecule has 7 heteroatoms. The van der Waals surface area contributed by atoms with Crippen LogP contribution in [0.4, 0.5) is 15.8 Å². The third-order valence-electron chi connectivity index (χ3n) is 3.84. The second kappa shape index (κ2) is 8.67. The highest BCUT2D eigenvalue weighted by molar-refractivity contribution is 6.31. The van der Waals surface area contributed by atoms with Crippen LogP contribution in [0.3, 0.4) is 0 Å². The molecule has 26 heavy (non-hydrogen) atoms. The van der Waals surface area contributed by atoms with Gasteiger partial charge < -0.3 is 15.0 Å². The monoisotopic (exact) mass is 378 g/mol. The van der Waals surface area contributed by atoms with Gasteiger partial charge in [-0.25, -0.2) is 4.39 Å². The highest BCUT2D eigenvalue weighted by Gasteiger charge is 2.15. The summed E-state index contributed by atoms with van der Waals surface area (Å²) in [7, 11) is 1.49. The quantitative estimate of drug-likeness (QED) is 0.820. The fraction of sp³-hybridized carbons (Fsp3) is 0.263. The maximum absolute atomic E-state index is 13.1. The van der Waals surface area contributed by atoms with Crippen LogP contribution >= 0.6 is 11.6 Å². The van der Waals surface area contributed by atoms with Crippen LogP contribution in [0.5, 0.6) is 5.75 Å². The Balaban J connectivity index is 2.06. The van der Waals surface area contributed by atoms with E-state index in [1.807, 2.05) is 6.92 Å². The van der Waals surface area contributed by atoms with Crippen LogP contribution in [-0.4, -0.2) is 25.5 Å². The molecule has 0 fully saturated rings. The molecule has 0 spiro atoms. The number of rotatable bonds is 6. The average Bonchev–Trinajstić information content (AvgIpc) is 2.59. The number of hydrogen-bond donors (Lipinski definition) is 1. The van der Waals surface area contributed by atoms with Crippen LogP contribution in [0.25, 0.3) is 0 Å². The number of methoxy groups -OCH3 is 1. The Bertz CT molecular complexity index is 809. The summed E-state index contributed by atoms with van der Waals surface area (Å²) in [5, 5.41) is 3.30. The highest BCUT2D eigenvalue weighted by Crippen LogP contribution is 2.31. The fourth-order valence-corrected chi connectivity index (χ4v) is 2.60. The minimum atomic E-state index is -0.389. The Labute approximate surface area is 156 Å². The SMILES string of the molecule is COc1cc(Cl)c(C)cc1NC(=O)CCN(C(C)=O)c1ccc(F)cc1. The summed E-state index contributed by atoms with van der Waals surface area (Å²) < 4.78 is 18.3. The molecule has 2 aromatic rings. The van der Waals surface area contributed by atoms with E-state index >= 15 is 0 Å². The Kier molecular flexibility index (Phi) is 6.58. The second-order valence-electron chi connectivity index (χ2n) is 5.75.